The SMILES string of the molecule is CN=C(NCCCOCC1CCCO1)NCCNC(=O)Cc1ccc(F)cc1. The Balaban J connectivity index is 1.47. The Hall–Kier alpha value is -2.19. The zero-order chi connectivity index (χ0) is 20.0. The molecule has 1 saturated heterocycles. The summed E-state index contributed by atoms with van der Waals surface area (Å²) in [5.74, 6) is 0.285. The van der Waals surface area contributed by atoms with E-state index in [9.17, 15) is 9.18 Å². The lowest BCUT2D eigenvalue weighted by Gasteiger charge is -2.13. The summed E-state index contributed by atoms with van der Waals surface area (Å²) in [5, 5.41) is 9.18. The monoisotopic (exact) mass is 394 g/mol. The van der Waals surface area contributed by atoms with Crippen LogP contribution in [-0.2, 0) is 20.7 Å². The summed E-state index contributed by atoms with van der Waals surface area (Å²) >= 11 is 0. The lowest BCUT2D eigenvalue weighted by molar-refractivity contribution is -0.120. The molecule has 1 fully saturated rings. The normalized spacial score (nSPS) is 16.8. The third kappa shape index (κ3) is 9.14. The minimum Gasteiger partial charge on any atom is -0.379 e. The fourth-order valence-corrected chi connectivity index (χ4v) is 2.83. The van der Waals surface area contributed by atoms with Crippen molar-refractivity contribution in [1.82, 2.24) is 16.0 Å². The number of hydrogen-bond donors (Lipinski definition) is 3. The molecule has 0 spiro atoms. The Bertz CT molecular complexity index is 604. The lowest BCUT2D eigenvalue weighted by atomic mass is 10.1. The van der Waals surface area contributed by atoms with Gasteiger partial charge in [0.15, 0.2) is 5.96 Å². The smallest absolute Gasteiger partial charge is 0.224 e. The van der Waals surface area contributed by atoms with Crippen molar-refractivity contribution < 1.29 is 18.7 Å². The molecule has 7 nitrogen and oxygen atoms in total. The maximum absolute atomic E-state index is 12.9. The zero-order valence-electron chi connectivity index (χ0n) is 16.5. The van der Waals surface area contributed by atoms with Gasteiger partial charge in [0.1, 0.15) is 5.82 Å². The molecule has 28 heavy (non-hydrogen) atoms. The molecule has 8 heteroatoms. The highest BCUT2D eigenvalue weighted by Gasteiger charge is 2.14. The molecular formula is C20H31FN4O3. The summed E-state index contributed by atoms with van der Waals surface area (Å²) in [7, 11) is 1.70. The first-order valence-electron chi connectivity index (χ1n) is 9.82. The molecule has 1 aromatic carbocycles. The number of guanidine groups is 1. The van der Waals surface area contributed by atoms with Gasteiger partial charge in [0.2, 0.25) is 5.91 Å². The largest absolute Gasteiger partial charge is 0.379 e. The average Bonchev–Trinajstić information content (AvgIpc) is 3.21. The van der Waals surface area contributed by atoms with E-state index >= 15 is 0 Å². The molecule has 156 valence electrons. The van der Waals surface area contributed by atoms with Crippen LogP contribution in [0.4, 0.5) is 4.39 Å². The number of aliphatic imine (C=N–C) groups is 1. The predicted octanol–water partition coefficient (Wildman–Crippen LogP) is 1.24. The van der Waals surface area contributed by atoms with Crippen LogP contribution in [0.5, 0.6) is 0 Å². The van der Waals surface area contributed by atoms with E-state index in [4.69, 9.17) is 9.47 Å². The van der Waals surface area contributed by atoms with E-state index < -0.39 is 0 Å². The molecule has 0 aromatic heterocycles. The van der Waals surface area contributed by atoms with Crippen LogP contribution >= 0.6 is 0 Å². The molecule has 1 unspecified atom stereocenters. The third-order valence-electron chi connectivity index (χ3n) is 4.33. The molecule has 1 atom stereocenters. The predicted molar refractivity (Wildman–Crippen MR) is 107 cm³/mol. The minimum absolute atomic E-state index is 0.0975. The van der Waals surface area contributed by atoms with E-state index in [2.05, 4.69) is 20.9 Å². The fraction of sp³-hybridized carbons (Fsp3) is 0.600. The Morgan fingerprint density at radius 3 is 2.68 bits per heavy atom. The van der Waals surface area contributed by atoms with Crippen molar-refractivity contribution in [2.45, 2.75) is 31.8 Å². The van der Waals surface area contributed by atoms with Crippen molar-refractivity contribution in [1.29, 1.82) is 0 Å². The molecule has 1 aliphatic heterocycles. The molecule has 1 amide bonds. The van der Waals surface area contributed by atoms with Crippen molar-refractivity contribution in [3.63, 3.8) is 0 Å². The molecule has 1 aromatic rings. The van der Waals surface area contributed by atoms with Crippen LogP contribution in [0.25, 0.3) is 0 Å². The molecule has 0 saturated carbocycles. The van der Waals surface area contributed by atoms with Crippen LogP contribution < -0.4 is 16.0 Å². The molecule has 3 N–H and O–H groups in total. The van der Waals surface area contributed by atoms with Crippen LogP contribution in [0.15, 0.2) is 29.3 Å². The van der Waals surface area contributed by atoms with Gasteiger partial charge in [-0.2, -0.15) is 0 Å². The molecular weight excluding hydrogens is 363 g/mol. The Kier molecular flexibility index (Phi) is 10.3. The molecule has 1 heterocycles. The third-order valence-corrected chi connectivity index (χ3v) is 4.33. The molecule has 0 radical (unpaired) electrons. The average molecular weight is 394 g/mol. The first-order valence-corrected chi connectivity index (χ1v) is 9.82. The van der Waals surface area contributed by atoms with Crippen molar-refractivity contribution in [3.8, 4) is 0 Å². The maximum atomic E-state index is 12.9. The summed E-state index contributed by atoms with van der Waals surface area (Å²) in [6, 6.07) is 5.94. The van der Waals surface area contributed by atoms with Gasteiger partial charge in [0.25, 0.3) is 0 Å². The van der Waals surface area contributed by atoms with E-state index in [-0.39, 0.29) is 24.2 Å². The van der Waals surface area contributed by atoms with Crippen LogP contribution in [0.2, 0.25) is 0 Å². The number of benzene rings is 1. The number of rotatable bonds is 11. The van der Waals surface area contributed by atoms with E-state index in [0.29, 0.717) is 32.3 Å². The van der Waals surface area contributed by atoms with Gasteiger partial charge in [-0.05, 0) is 37.0 Å². The maximum Gasteiger partial charge on any atom is 0.224 e. The van der Waals surface area contributed by atoms with Gasteiger partial charge in [0.05, 0.1) is 19.1 Å². The Morgan fingerprint density at radius 1 is 1.21 bits per heavy atom. The first kappa shape index (κ1) is 22.1. The van der Waals surface area contributed by atoms with E-state index in [0.717, 1.165) is 38.0 Å². The van der Waals surface area contributed by atoms with Crippen LogP contribution in [0.1, 0.15) is 24.8 Å². The summed E-state index contributed by atoms with van der Waals surface area (Å²) in [5.41, 5.74) is 0.783. The molecule has 1 aliphatic rings. The second kappa shape index (κ2) is 13.1. The number of nitrogens with one attached hydrogen (secondary N) is 3. The highest BCUT2D eigenvalue weighted by molar-refractivity contribution is 5.80. The number of hydrogen-bond acceptors (Lipinski definition) is 4. The molecule has 0 aliphatic carbocycles. The standard InChI is InChI=1S/C20H31FN4O3/c1-22-20(24-9-3-12-27-15-18-4-2-13-28-18)25-11-10-23-19(26)14-16-5-7-17(21)8-6-16/h5-8,18H,2-4,9-15H2,1H3,(H,23,26)(H2,22,24,25). The van der Waals surface area contributed by atoms with E-state index in [1.807, 2.05) is 0 Å². The van der Waals surface area contributed by atoms with Crippen LogP contribution in [0, 0.1) is 5.82 Å². The van der Waals surface area contributed by atoms with E-state index in [1.54, 1.807) is 19.2 Å². The topological polar surface area (TPSA) is 84.0 Å². The first-order chi connectivity index (χ1) is 13.7. The van der Waals surface area contributed by atoms with Crippen molar-refractivity contribution in [2.75, 3.05) is 46.5 Å². The van der Waals surface area contributed by atoms with Gasteiger partial charge in [-0.3, -0.25) is 9.79 Å². The van der Waals surface area contributed by atoms with Gasteiger partial charge in [-0.1, -0.05) is 12.1 Å². The Morgan fingerprint density at radius 2 is 1.96 bits per heavy atom. The minimum atomic E-state index is -0.304. The highest BCUT2D eigenvalue weighted by atomic mass is 19.1. The number of carbonyl (C=O) groups excluding carboxylic acids is 1. The number of halogens is 1. The van der Waals surface area contributed by atoms with Crippen molar-refractivity contribution in [3.05, 3.63) is 35.6 Å². The zero-order valence-corrected chi connectivity index (χ0v) is 16.5. The lowest BCUT2D eigenvalue weighted by Crippen LogP contribution is -2.42. The highest BCUT2D eigenvalue weighted by Crippen LogP contribution is 2.11. The molecule has 0 bridgehead atoms. The van der Waals surface area contributed by atoms with Crippen molar-refractivity contribution in [2.24, 2.45) is 4.99 Å². The number of carbonyl (C=O) groups is 1. The van der Waals surface area contributed by atoms with Crippen LogP contribution in [-0.4, -0.2) is 64.5 Å². The molecule has 2 rings (SSSR count). The second-order valence-corrected chi connectivity index (χ2v) is 6.64. The summed E-state index contributed by atoms with van der Waals surface area (Å²) in [6.45, 7) is 4.00. The fourth-order valence-electron chi connectivity index (χ4n) is 2.83. The summed E-state index contributed by atoms with van der Waals surface area (Å²) in [6.07, 6.45) is 3.60. The summed E-state index contributed by atoms with van der Waals surface area (Å²) < 4.78 is 24.0. The summed E-state index contributed by atoms with van der Waals surface area (Å²) in [4.78, 5) is 16.0. The van der Waals surface area contributed by atoms with Gasteiger partial charge >= 0.3 is 0 Å². The van der Waals surface area contributed by atoms with E-state index in [1.165, 1.54) is 12.1 Å². The number of ether oxygens (including phenoxy) is 2. The number of amides is 1. The van der Waals surface area contributed by atoms with Gasteiger partial charge < -0.3 is 25.4 Å². The van der Waals surface area contributed by atoms with Crippen LogP contribution in [0.3, 0.4) is 0 Å². The van der Waals surface area contributed by atoms with Gasteiger partial charge in [-0.25, -0.2) is 4.39 Å². The van der Waals surface area contributed by atoms with Gasteiger partial charge in [-0.15, -0.1) is 0 Å². The second-order valence-electron chi connectivity index (χ2n) is 6.64. The number of nitrogens with zero attached hydrogens (tertiary/aromatic N) is 1. The van der Waals surface area contributed by atoms with Gasteiger partial charge in [0, 0.05) is 39.9 Å². The quantitative estimate of drug-likeness (QED) is 0.299. The van der Waals surface area contributed by atoms with Crippen molar-refractivity contribution >= 4 is 11.9 Å². The Labute approximate surface area is 166 Å².